The highest BCUT2D eigenvalue weighted by molar-refractivity contribution is 6.02. The molecule has 0 aliphatic heterocycles. The molecular weight excluding hydrogens is 280 g/mol. The predicted octanol–water partition coefficient (Wildman–Crippen LogP) is 2.04. The number of aliphatic hydroxyl groups excluding tert-OH is 1. The van der Waals surface area contributed by atoms with Crippen molar-refractivity contribution < 1.29 is 9.90 Å². The van der Waals surface area contributed by atoms with Crippen LogP contribution in [0.15, 0.2) is 30.3 Å². The molecule has 6 nitrogen and oxygen atoms in total. The van der Waals surface area contributed by atoms with Crippen molar-refractivity contribution in [2.45, 2.75) is 19.8 Å². The Hall–Kier alpha value is -2.34. The minimum atomic E-state index is -0.227. The molecule has 0 fully saturated rings. The van der Waals surface area contributed by atoms with E-state index in [1.807, 2.05) is 36.2 Å². The molecule has 3 N–H and O–H groups in total. The normalized spacial score (nSPS) is 10.5. The number of benzene rings is 1. The van der Waals surface area contributed by atoms with E-state index in [-0.39, 0.29) is 12.5 Å². The van der Waals surface area contributed by atoms with Gasteiger partial charge in [0.1, 0.15) is 0 Å². The summed E-state index contributed by atoms with van der Waals surface area (Å²) in [4.78, 5) is 14.1. The molecule has 0 aliphatic rings. The molecule has 1 heterocycles. The van der Waals surface area contributed by atoms with Crippen LogP contribution in [-0.2, 0) is 6.42 Å². The summed E-state index contributed by atoms with van der Waals surface area (Å²) >= 11 is 0. The van der Waals surface area contributed by atoms with Crippen molar-refractivity contribution in [2.75, 3.05) is 30.4 Å². The smallest absolute Gasteiger partial charge is 0.276 e. The lowest BCUT2D eigenvalue weighted by Crippen LogP contribution is -2.21. The highest BCUT2D eigenvalue weighted by Crippen LogP contribution is 2.17. The van der Waals surface area contributed by atoms with E-state index in [1.54, 1.807) is 6.07 Å². The zero-order valence-corrected chi connectivity index (χ0v) is 13.0. The molecule has 0 saturated carbocycles. The molecule has 22 heavy (non-hydrogen) atoms. The second-order valence-corrected chi connectivity index (χ2v) is 5.17. The van der Waals surface area contributed by atoms with Crippen LogP contribution in [0.1, 0.15) is 29.5 Å². The van der Waals surface area contributed by atoms with E-state index >= 15 is 0 Å². The van der Waals surface area contributed by atoms with E-state index in [2.05, 4.69) is 22.4 Å². The van der Waals surface area contributed by atoms with Crippen molar-refractivity contribution in [2.24, 2.45) is 0 Å². The summed E-state index contributed by atoms with van der Waals surface area (Å²) in [6.07, 6.45) is 1.89. The third-order valence-corrected chi connectivity index (χ3v) is 3.38. The first-order chi connectivity index (χ1) is 10.6. The molecule has 0 saturated heterocycles. The van der Waals surface area contributed by atoms with Crippen molar-refractivity contribution >= 4 is 17.3 Å². The third-order valence-electron chi connectivity index (χ3n) is 3.38. The Bertz CT molecular complexity index is 607. The van der Waals surface area contributed by atoms with Gasteiger partial charge in [-0.05, 0) is 36.8 Å². The number of carbonyl (C=O) groups is 1. The Kier molecular flexibility index (Phi) is 5.55. The maximum Gasteiger partial charge on any atom is 0.276 e. The van der Waals surface area contributed by atoms with E-state index in [0.717, 1.165) is 24.2 Å². The van der Waals surface area contributed by atoms with E-state index in [9.17, 15) is 4.79 Å². The van der Waals surface area contributed by atoms with Gasteiger partial charge < -0.3 is 15.3 Å². The maximum absolute atomic E-state index is 12.1. The first kappa shape index (κ1) is 16.0. The quantitative estimate of drug-likeness (QED) is 0.731. The number of aromatic amines is 1. The average molecular weight is 302 g/mol. The van der Waals surface area contributed by atoms with Crippen molar-refractivity contribution in [3.05, 3.63) is 41.7 Å². The summed E-state index contributed by atoms with van der Waals surface area (Å²) in [6, 6.07) is 9.25. The first-order valence-electron chi connectivity index (χ1n) is 7.41. The minimum Gasteiger partial charge on any atom is -0.395 e. The number of likely N-dealkylation sites (N-methyl/N-ethyl adjacent to an activating group) is 1. The largest absolute Gasteiger partial charge is 0.395 e. The number of hydrogen-bond acceptors (Lipinski definition) is 4. The molecule has 1 aromatic carbocycles. The van der Waals surface area contributed by atoms with Gasteiger partial charge in [0, 0.05) is 30.7 Å². The van der Waals surface area contributed by atoms with Gasteiger partial charge in [0.05, 0.1) is 6.61 Å². The Labute approximate surface area is 130 Å². The Morgan fingerprint density at radius 2 is 2.09 bits per heavy atom. The van der Waals surface area contributed by atoms with Crippen molar-refractivity contribution in [3.63, 3.8) is 0 Å². The topological polar surface area (TPSA) is 81.2 Å². The van der Waals surface area contributed by atoms with Crippen molar-refractivity contribution in [1.82, 2.24) is 10.2 Å². The average Bonchev–Trinajstić information content (AvgIpc) is 2.97. The van der Waals surface area contributed by atoms with Gasteiger partial charge in [-0.1, -0.05) is 13.3 Å². The molecule has 6 heteroatoms. The molecule has 0 spiro atoms. The van der Waals surface area contributed by atoms with Crippen molar-refractivity contribution in [1.29, 1.82) is 0 Å². The fraction of sp³-hybridized carbons (Fsp3) is 0.375. The minimum absolute atomic E-state index is 0.105. The van der Waals surface area contributed by atoms with E-state index in [0.29, 0.717) is 17.9 Å². The second-order valence-electron chi connectivity index (χ2n) is 5.17. The van der Waals surface area contributed by atoms with Gasteiger partial charge in [-0.15, -0.1) is 0 Å². The molecule has 0 atom stereocenters. The summed E-state index contributed by atoms with van der Waals surface area (Å²) in [5.41, 5.74) is 3.06. The first-order valence-corrected chi connectivity index (χ1v) is 7.41. The Morgan fingerprint density at radius 3 is 2.73 bits per heavy atom. The molecule has 0 radical (unpaired) electrons. The number of H-pyrrole nitrogens is 1. The van der Waals surface area contributed by atoms with Gasteiger partial charge in [0.15, 0.2) is 5.69 Å². The predicted molar refractivity (Wildman–Crippen MR) is 87.3 cm³/mol. The summed E-state index contributed by atoms with van der Waals surface area (Å²) < 4.78 is 0. The zero-order chi connectivity index (χ0) is 15.9. The number of carbonyl (C=O) groups excluding carboxylic acids is 1. The fourth-order valence-corrected chi connectivity index (χ4v) is 2.15. The summed E-state index contributed by atoms with van der Waals surface area (Å²) in [7, 11) is 1.91. The fourth-order valence-electron chi connectivity index (χ4n) is 2.15. The maximum atomic E-state index is 12.1. The summed E-state index contributed by atoms with van der Waals surface area (Å²) in [6.45, 7) is 2.75. The second kappa shape index (κ2) is 7.61. The molecule has 0 aliphatic carbocycles. The molecule has 1 aromatic heterocycles. The number of rotatable bonds is 7. The van der Waals surface area contributed by atoms with E-state index in [4.69, 9.17) is 5.11 Å². The van der Waals surface area contributed by atoms with Crippen LogP contribution in [0.5, 0.6) is 0 Å². The number of anilines is 2. The van der Waals surface area contributed by atoms with Crippen LogP contribution in [0.2, 0.25) is 0 Å². The van der Waals surface area contributed by atoms with Gasteiger partial charge in [-0.25, -0.2) is 0 Å². The molecule has 0 unspecified atom stereocenters. The van der Waals surface area contributed by atoms with Gasteiger partial charge in [-0.3, -0.25) is 9.89 Å². The number of aliphatic hydroxyl groups is 1. The molecule has 1 amide bonds. The van der Waals surface area contributed by atoms with Crippen LogP contribution in [0.4, 0.5) is 11.4 Å². The molecular formula is C16H22N4O2. The van der Waals surface area contributed by atoms with E-state index < -0.39 is 0 Å². The van der Waals surface area contributed by atoms with Gasteiger partial charge in [-0.2, -0.15) is 5.10 Å². The van der Waals surface area contributed by atoms with Crippen LogP contribution in [0, 0.1) is 0 Å². The van der Waals surface area contributed by atoms with Crippen LogP contribution < -0.4 is 10.2 Å². The number of aromatic nitrogens is 2. The molecule has 0 bridgehead atoms. The molecule has 2 rings (SSSR count). The summed E-state index contributed by atoms with van der Waals surface area (Å²) in [5, 5.41) is 18.6. The number of nitrogens with zero attached hydrogens (tertiary/aromatic N) is 2. The van der Waals surface area contributed by atoms with Crippen LogP contribution in [0.25, 0.3) is 0 Å². The van der Waals surface area contributed by atoms with Gasteiger partial charge in [0.2, 0.25) is 0 Å². The third kappa shape index (κ3) is 4.08. The SMILES string of the molecule is CCCc1cc(C(=O)Nc2ccc(N(C)CCO)cc2)n[nH]1. The lowest BCUT2D eigenvalue weighted by molar-refractivity contribution is 0.102. The lowest BCUT2D eigenvalue weighted by Gasteiger charge is -2.18. The number of nitrogens with one attached hydrogen (secondary N) is 2. The Morgan fingerprint density at radius 1 is 1.36 bits per heavy atom. The monoisotopic (exact) mass is 302 g/mol. The number of hydrogen-bond donors (Lipinski definition) is 3. The van der Waals surface area contributed by atoms with Crippen LogP contribution in [-0.4, -0.2) is 41.4 Å². The van der Waals surface area contributed by atoms with Gasteiger partial charge in [0.25, 0.3) is 5.91 Å². The molecule has 118 valence electrons. The standard InChI is InChI=1S/C16H22N4O2/c1-3-4-13-11-15(19-18-13)16(22)17-12-5-7-14(8-6-12)20(2)9-10-21/h5-8,11,21H,3-4,9-10H2,1-2H3,(H,17,22)(H,18,19). The molecule has 2 aromatic rings. The highest BCUT2D eigenvalue weighted by atomic mass is 16.3. The highest BCUT2D eigenvalue weighted by Gasteiger charge is 2.10. The number of aryl methyl sites for hydroxylation is 1. The lowest BCUT2D eigenvalue weighted by atomic mass is 10.2. The zero-order valence-electron chi connectivity index (χ0n) is 13.0. The van der Waals surface area contributed by atoms with Crippen molar-refractivity contribution in [3.8, 4) is 0 Å². The Balaban J connectivity index is 1.99. The van der Waals surface area contributed by atoms with Crippen LogP contribution in [0.3, 0.4) is 0 Å². The summed E-state index contributed by atoms with van der Waals surface area (Å²) in [5.74, 6) is -0.227. The van der Waals surface area contributed by atoms with E-state index in [1.165, 1.54) is 0 Å². The van der Waals surface area contributed by atoms with Crippen LogP contribution >= 0.6 is 0 Å². The van der Waals surface area contributed by atoms with Gasteiger partial charge >= 0.3 is 0 Å². The number of amides is 1.